The van der Waals surface area contributed by atoms with Gasteiger partial charge in [-0.15, -0.1) is 0 Å². The first-order valence-corrected chi connectivity index (χ1v) is 11.1. The average Bonchev–Trinajstić information content (AvgIpc) is 2.78. The van der Waals surface area contributed by atoms with Gasteiger partial charge in [-0.2, -0.15) is 0 Å². The molecule has 0 radical (unpaired) electrons. The van der Waals surface area contributed by atoms with Crippen LogP contribution in [0.15, 0.2) is 84.9 Å². The number of fused-ring (bicyclic) bond motifs is 2. The second-order valence-corrected chi connectivity index (χ2v) is 8.69. The van der Waals surface area contributed by atoms with Gasteiger partial charge in [0.15, 0.2) is 0 Å². The lowest BCUT2D eigenvalue weighted by atomic mass is 10.00. The third-order valence-corrected chi connectivity index (χ3v) is 6.36. The van der Waals surface area contributed by atoms with Gasteiger partial charge in [0.25, 0.3) is 0 Å². The number of rotatable bonds is 4. The van der Waals surface area contributed by atoms with E-state index in [1.807, 2.05) is 0 Å². The third kappa shape index (κ3) is 3.58. The summed E-state index contributed by atoms with van der Waals surface area (Å²) < 4.78 is 0. The second kappa shape index (κ2) is 8.05. The molecule has 0 fully saturated rings. The van der Waals surface area contributed by atoms with Crippen molar-refractivity contribution in [3.8, 4) is 0 Å². The quantitative estimate of drug-likeness (QED) is 0.286. The fourth-order valence-electron chi connectivity index (χ4n) is 4.56. The van der Waals surface area contributed by atoms with Crippen molar-refractivity contribution in [2.24, 2.45) is 0 Å². The van der Waals surface area contributed by atoms with Crippen molar-refractivity contribution >= 4 is 44.3 Å². The summed E-state index contributed by atoms with van der Waals surface area (Å²) in [5, 5.41) is 12.3. The molecule has 0 unspecified atom stereocenters. The molecule has 5 rings (SSSR count). The molecule has 0 aliphatic carbocycles. The SMILES string of the molecule is Cc1cccc(C)c1Nc1cccc2cc3cccc(Nc4c(C)cccc4C)c3cc12. The fourth-order valence-corrected chi connectivity index (χ4v) is 4.56. The number of para-hydroxylation sites is 2. The Morgan fingerprint density at radius 1 is 0.438 bits per heavy atom. The Labute approximate surface area is 189 Å². The minimum atomic E-state index is 1.13. The predicted octanol–water partition coefficient (Wildman–Crippen LogP) is 8.71. The molecule has 0 heterocycles. The van der Waals surface area contributed by atoms with Crippen LogP contribution in [0.25, 0.3) is 21.5 Å². The molecule has 2 nitrogen and oxygen atoms in total. The molecule has 5 aromatic carbocycles. The van der Waals surface area contributed by atoms with Crippen LogP contribution in [0.5, 0.6) is 0 Å². The molecule has 0 aromatic heterocycles. The molecule has 32 heavy (non-hydrogen) atoms. The van der Waals surface area contributed by atoms with Gasteiger partial charge in [0, 0.05) is 33.5 Å². The van der Waals surface area contributed by atoms with Crippen molar-refractivity contribution in [3.63, 3.8) is 0 Å². The number of anilines is 4. The minimum absolute atomic E-state index is 1.13. The Morgan fingerprint density at radius 2 is 0.812 bits per heavy atom. The van der Waals surface area contributed by atoms with Crippen molar-refractivity contribution < 1.29 is 0 Å². The predicted molar refractivity (Wildman–Crippen MR) is 140 cm³/mol. The first kappa shape index (κ1) is 20.1. The molecule has 0 atom stereocenters. The normalized spacial score (nSPS) is 11.1. The maximum Gasteiger partial charge on any atom is 0.0464 e. The van der Waals surface area contributed by atoms with Gasteiger partial charge < -0.3 is 10.6 Å². The first-order chi connectivity index (χ1) is 15.5. The van der Waals surface area contributed by atoms with Crippen LogP contribution in [-0.2, 0) is 0 Å². The molecule has 0 amide bonds. The molecular formula is C30H28N2. The monoisotopic (exact) mass is 416 g/mol. The third-order valence-electron chi connectivity index (χ3n) is 6.36. The maximum absolute atomic E-state index is 3.72. The van der Waals surface area contributed by atoms with Crippen LogP contribution in [0, 0.1) is 27.7 Å². The Kier molecular flexibility index (Phi) is 5.07. The largest absolute Gasteiger partial charge is 0.355 e. The average molecular weight is 417 g/mol. The van der Waals surface area contributed by atoms with Crippen LogP contribution in [-0.4, -0.2) is 0 Å². The zero-order valence-corrected chi connectivity index (χ0v) is 19.1. The maximum atomic E-state index is 3.72. The lowest BCUT2D eigenvalue weighted by Crippen LogP contribution is -1.98. The molecule has 2 N–H and O–H groups in total. The molecule has 2 heteroatoms. The smallest absolute Gasteiger partial charge is 0.0464 e. The topological polar surface area (TPSA) is 24.1 Å². The van der Waals surface area contributed by atoms with E-state index in [1.165, 1.54) is 55.2 Å². The minimum Gasteiger partial charge on any atom is -0.355 e. The van der Waals surface area contributed by atoms with Crippen molar-refractivity contribution in [1.29, 1.82) is 0 Å². The lowest BCUT2D eigenvalue weighted by molar-refractivity contribution is 1.36. The van der Waals surface area contributed by atoms with Crippen molar-refractivity contribution in [2.75, 3.05) is 10.6 Å². The molecule has 0 saturated carbocycles. The van der Waals surface area contributed by atoms with Gasteiger partial charge in [0.2, 0.25) is 0 Å². The Bertz CT molecular complexity index is 1310. The highest BCUT2D eigenvalue weighted by Crippen LogP contribution is 2.36. The molecule has 0 bridgehead atoms. The molecule has 0 aliphatic heterocycles. The molecule has 0 spiro atoms. The number of benzene rings is 5. The summed E-state index contributed by atoms with van der Waals surface area (Å²) in [5.74, 6) is 0. The summed E-state index contributed by atoms with van der Waals surface area (Å²) in [4.78, 5) is 0. The highest BCUT2D eigenvalue weighted by molar-refractivity contribution is 6.08. The van der Waals surface area contributed by atoms with E-state index in [9.17, 15) is 0 Å². The van der Waals surface area contributed by atoms with E-state index in [-0.39, 0.29) is 0 Å². The van der Waals surface area contributed by atoms with Crippen LogP contribution in [0.3, 0.4) is 0 Å². The van der Waals surface area contributed by atoms with E-state index < -0.39 is 0 Å². The number of hydrogen-bond donors (Lipinski definition) is 2. The van der Waals surface area contributed by atoms with Gasteiger partial charge in [-0.05, 0) is 85.0 Å². The Morgan fingerprint density at radius 3 is 1.22 bits per heavy atom. The molecular weight excluding hydrogens is 388 g/mol. The van der Waals surface area contributed by atoms with E-state index in [0.29, 0.717) is 0 Å². The van der Waals surface area contributed by atoms with Gasteiger partial charge in [-0.3, -0.25) is 0 Å². The summed E-state index contributed by atoms with van der Waals surface area (Å²) >= 11 is 0. The summed E-state index contributed by atoms with van der Waals surface area (Å²) in [6.07, 6.45) is 0. The standard InChI is InChI=1S/C30H28N2/c1-19-9-5-10-20(2)29(19)31-27-15-7-13-23-17-24-14-8-16-28(26(24)18-25(23)27)32-30-21(3)11-6-12-22(30)4/h5-18,31-32H,1-4H3. The molecule has 5 aromatic rings. The zero-order chi connectivity index (χ0) is 22.2. The van der Waals surface area contributed by atoms with E-state index in [0.717, 1.165) is 11.4 Å². The molecule has 0 aliphatic rings. The number of aryl methyl sites for hydroxylation is 4. The van der Waals surface area contributed by atoms with E-state index >= 15 is 0 Å². The van der Waals surface area contributed by atoms with Crippen molar-refractivity contribution in [3.05, 3.63) is 107 Å². The van der Waals surface area contributed by atoms with Crippen LogP contribution < -0.4 is 10.6 Å². The fraction of sp³-hybridized carbons (Fsp3) is 0.133. The lowest BCUT2D eigenvalue weighted by Gasteiger charge is -2.17. The summed E-state index contributed by atoms with van der Waals surface area (Å²) in [6, 6.07) is 30.4. The highest BCUT2D eigenvalue weighted by atomic mass is 14.9. The van der Waals surface area contributed by atoms with E-state index in [2.05, 4.69) is 123 Å². The molecule has 158 valence electrons. The van der Waals surface area contributed by atoms with Crippen LogP contribution in [0.1, 0.15) is 22.3 Å². The number of nitrogens with one attached hydrogen (secondary N) is 2. The van der Waals surface area contributed by atoms with E-state index in [1.54, 1.807) is 0 Å². The van der Waals surface area contributed by atoms with Gasteiger partial charge in [-0.25, -0.2) is 0 Å². The van der Waals surface area contributed by atoms with Gasteiger partial charge in [0.1, 0.15) is 0 Å². The van der Waals surface area contributed by atoms with Gasteiger partial charge in [0.05, 0.1) is 0 Å². The van der Waals surface area contributed by atoms with Gasteiger partial charge in [-0.1, -0.05) is 60.7 Å². The second-order valence-electron chi connectivity index (χ2n) is 8.69. The first-order valence-electron chi connectivity index (χ1n) is 11.1. The van der Waals surface area contributed by atoms with Gasteiger partial charge >= 0.3 is 0 Å². The van der Waals surface area contributed by atoms with Crippen LogP contribution in [0.4, 0.5) is 22.7 Å². The highest BCUT2D eigenvalue weighted by Gasteiger charge is 2.10. The Hall–Kier alpha value is -3.78. The van der Waals surface area contributed by atoms with Crippen LogP contribution >= 0.6 is 0 Å². The zero-order valence-electron chi connectivity index (χ0n) is 19.1. The van der Waals surface area contributed by atoms with Crippen molar-refractivity contribution in [2.45, 2.75) is 27.7 Å². The summed E-state index contributed by atoms with van der Waals surface area (Å²) in [6.45, 7) is 8.62. The Balaban J connectivity index is 1.66. The number of hydrogen-bond acceptors (Lipinski definition) is 2. The summed E-state index contributed by atoms with van der Waals surface area (Å²) in [7, 11) is 0. The van der Waals surface area contributed by atoms with E-state index in [4.69, 9.17) is 0 Å². The summed E-state index contributed by atoms with van der Waals surface area (Å²) in [5.41, 5.74) is 9.62. The van der Waals surface area contributed by atoms with Crippen molar-refractivity contribution in [1.82, 2.24) is 0 Å². The molecule has 0 saturated heterocycles. The van der Waals surface area contributed by atoms with Crippen LogP contribution in [0.2, 0.25) is 0 Å².